The first-order chi connectivity index (χ1) is 14.3. The highest BCUT2D eigenvalue weighted by Gasteiger charge is 2.12. The zero-order valence-corrected chi connectivity index (χ0v) is 17.6. The molecule has 3 N–H and O–H groups in total. The number of hydrogen-bond donors (Lipinski definition) is 3. The fourth-order valence-electron chi connectivity index (χ4n) is 3.31. The van der Waals surface area contributed by atoms with Crippen molar-refractivity contribution in [3.8, 4) is 11.1 Å². The van der Waals surface area contributed by atoms with Gasteiger partial charge in [0, 0.05) is 18.5 Å². The van der Waals surface area contributed by atoms with Crippen LogP contribution in [0.4, 0.5) is 11.4 Å². The van der Waals surface area contributed by atoms with Gasteiger partial charge in [-0.25, -0.2) is 0 Å². The van der Waals surface area contributed by atoms with Gasteiger partial charge in [-0.1, -0.05) is 60.1 Å². The second-order valence-electron chi connectivity index (χ2n) is 7.11. The molecule has 0 aliphatic carbocycles. The molecule has 154 valence electrons. The molecule has 0 radical (unpaired) electrons. The normalized spacial score (nSPS) is 10.5. The molecule has 1 amide bonds. The Morgan fingerprint density at radius 1 is 1.00 bits per heavy atom. The first-order valence-corrected chi connectivity index (χ1v) is 9.92. The largest absolute Gasteiger partial charge is 0.481 e. The van der Waals surface area contributed by atoms with E-state index in [1.54, 1.807) is 12.1 Å². The number of aryl methyl sites for hydroxylation is 1. The van der Waals surface area contributed by atoms with Crippen LogP contribution < -0.4 is 10.6 Å². The third kappa shape index (κ3) is 5.39. The lowest BCUT2D eigenvalue weighted by Crippen LogP contribution is -2.12. The highest BCUT2D eigenvalue weighted by molar-refractivity contribution is 6.31. The van der Waals surface area contributed by atoms with Gasteiger partial charge in [0.1, 0.15) is 0 Å². The van der Waals surface area contributed by atoms with E-state index in [4.69, 9.17) is 16.7 Å². The second-order valence-corrected chi connectivity index (χ2v) is 7.52. The molecule has 30 heavy (non-hydrogen) atoms. The highest BCUT2D eigenvalue weighted by atomic mass is 35.5. The zero-order chi connectivity index (χ0) is 21.7. The molecule has 0 aliphatic heterocycles. The number of benzene rings is 3. The van der Waals surface area contributed by atoms with Gasteiger partial charge in [-0.2, -0.15) is 0 Å². The number of rotatable bonds is 7. The number of carbonyl (C=O) groups excluding carboxylic acids is 1. The van der Waals surface area contributed by atoms with E-state index in [-0.39, 0.29) is 12.3 Å². The van der Waals surface area contributed by atoms with Crippen LogP contribution in [0.25, 0.3) is 11.1 Å². The van der Waals surface area contributed by atoms with Crippen molar-refractivity contribution in [2.45, 2.75) is 26.8 Å². The van der Waals surface area contributed by atoms with Gasteiger partial charge in [0.05, 0.1) is 17.8 Å². The van der Waals surface area contributed by atoms with Crippen molar-refractivity contribution < 1.29 is 14.7 Å². The first kappa shape index (κ1) is 21.4. The molecular weight excluding hydrogens is 400 g/mol. The number of aliphatic carboxylic acids is 1. The monoisotopic (exact) mass is 422 g/mol. The van der Waals surface area contributed by atoms with Crippen LogP contribution in [0.2, 0.25) is 5.02 Å². The molecule has 0 fully saturated rings. The number of anilines is 2. The lowest BCUT2D eigenvalue weighted by atomic mass is 10.0. The number of amides is 1. The van der Waals surface area contributed by atoms with E-state index in [1.807, 2.05) is 55.5 Å². The Hall–Kier alpha value is -3.31. The van der Waals surface area contributed by atoms with Gasteiger partial charge >= 0.3 is 5.97 Å². The summed E-state index contributed by atoms with van der Waals surface area (Å²) in [5, 5.41) is 15.9. The molecule has 0 bridgehead atoms. The van der Waals surface area contributed by atoms with Crippen molar-refractivity contribution in [2.75, 3.05) is 10.6 Å². The minimum Gasteiger partial charge on any atom is -0.481 e. The number of carboxylic acids is 1. The fraction of sp³-hybridized carbons (Fsp3) is 0.167. The van der Waals surface area contributed by atoms with Gasteiger partial charge in [-0.15, -0.1) is 0 Å². The summed E-state index contributed by atoms with van der Waals surface area (Å²) < 4.78 is 0. The molecule has 0 spiro atoms. The van der Waals surface area contributed by atoms with E-state index in [0.29, 0.717) is 28.5 Å². The number of hydrogen-bond acceptors (Lipinski definition) is 3. The summed E-state index contributed by atoms with van der Waals surface area (Å²) in [6, 6.07) is 19.4. The minimum atomic E-state index is -0.910. The van der Waals surface area contributed by atoms with Gasteiger partial charge in [0.2, 0.25) is 5.91 Å². The second kappa shape index (κ2) is 9.46. The summed E-state index contributed by atoms with van der Waals surface area (Å²) in [4.78, 5) is 22.7. The van der Waals surface area contributed by atoms with Crippen LogP contribution >= 0.6 is 11.6 Å². The van der Waals surface area contributed by atoms with Crippen LogP contribution in [0.3, 0.4) is 0 Å². The smallest absolute Gasteiger partial charge is 0.307 e. The van der Waals surface area contributed by atoms with E-state index in [0.717, 1.165) is 22.3 Å². The van der Waals surface area contributed by atoms with Crippen molar-refractivity contribution >= 4 is 34.9 Å². The number of nitrogens with one attached hydrogen (secondary N) is 2. The van der Waals surface area contributed by atoms with Gasteiger partial charge in [-0.3, -0.25) is 9.59 Å². The van der Waals surface area contributed by atoms with E-state index >= 15 is 0 Å². The molecule has 0 saturated carbocycles. The lowest BCUT2D eigenvalue weighted by molar-refractivity contribution is -0.136. The molecule has 0 saturated heterocycles. The van der Waals surface area contributed by atoms with Crippen LogP contribution in [0.15, 0.2) is 60.7 Å². The Bertz CT molecular complexity index is 1080. The highest BCUT2D eigenvalue weighted by Crippen LogP contribution is 2.30. The van der Waals surface area contributed by atoms with Crippen LogP contribution in [-0.4, -0.2) is 17.0 Å². The predicted molar refractivity (Wildman–Crippen MR) is 121 cm³/mol. The zero-order valence-electron chi connectivity index (χ0n) is 16.8. The van der Waals surface area contributed by atoms with E-state index < -0.39 is 5.97 Å². The van der Waals surface area contributed by atoms with E-state index in [9.17, 15) is 9.59 Å². The molecule has 3 aromatic rings. The van der Waals surface area contributed by atoms with E-state index in [1.165, 1.54) is 6.92 Å². The average molecular weight is 423 g/mol. The molecule has 3 rings (SSSR count). The number of carbonyl (C=O) groups is 2. The average Bonchev–Trinajstić information content (AvgIpc) is 2.69. The van der Waals surface area contributed by atoms with E-state index in [2.05, 4.69) is 10.6 Å². The third-order valence-corrected chi connectivity index (χ3v) is 5.03. The molecule has 0 aliphatic rings. The SMILES string of the molecule is CC(=O)Nc1c(C)cc(CC(=O)O)cc1NCc1ccc(-c2ccccc2)cc1Cl. The number of carboxylic acid groups (broad SMARTS) is 1. The Kier molecular flexibility index (Phi) is 6.75. The Labute approximate surface area is 180 Å². The van der Waals surface area contributed by atoms with Crippen molar-refractivity contribution in [1.29, 1.82) is 0 Å². The maximum absolute atomic E-state index is 11.6. The summed E-state index contributed by atoms with van der Waals surface area (Å²) in [5.74, 6) is -1.11. The van der Waals surface area contributed by atoms with Gasteiger partial charge in [0.15, 0.2) is 0 Å². The van der Waals surface area contributed by atoms with Crippen LogP contribution in [-0.2, 0) is 22.6 Å². The molecule has 0 atom stereocenters. The maximum Gasteiger partial charge on any atom is 0.307 e. The van der Waals surface area contributed by atoms with Gasteiger partial charge in [0.25, 0.3) is 0 Å². The first-order valence-electron chi connectivity index (χ1n) is 9.54. The predicted octanol–water partition coefficient (Wildman–Crippen LogP) is 5.51. The van der Waals surface area contributed by atoms with Crippen molar-refractivity contribution in [2.24, 2.45) is 0 Å². The third-order valence-electron chi connectivity index (χ3n) is 4.68. The molecule has 3 aromatic carbocycles. The quantitative estimate of drug-likeness (QED) is 0.469. The topological polar surface area (TPSA) is 78.4 Å². The molecule has 5 nitrogen and oxygen atoms in total. The van der Waals surface area contributed by atoms with Crippen molar-refractivity contribution in [1.82, 2.24) is 0 Å². The molecule has 0 aromatic heterocycles. The summed E-state index contributed by atoms with van der Waals surface area (Å²) in [5.41, 5.74) is 5.75. The fourth-order valence-corrected chi connectivity index (χ4v) is 3.56. The molecular formula is C24H23ClN2O3. The van der Waals surface area contributed by atoms with Crippen molar-refractivity contribution in [3.05, 3.63) is 82.4 Å². The van der Waals surface area contributed by atoms with Crippen molar-refractivity contribution in [3.63, 3.8) is 0 Å². The van der Waals surface area contributed by atoms with Crippen LogP contribution in [0, 0.1) is 6.92 Å². The lowest BCUT2D eigenvalue weighted by Gasteiger charge is -2.17. The Morgan fingerprint density at radius 2 is 1.73 bits per heavy atom. The summed E-state index contributed by atoms with van der Waals surface area (Å²) in [7, 11) is 0. The summed E-state index contributed by atoms with van der Waals surface area (Å²) in [6.45, 7) is 3.70. The minimum absolute atomic E-state index is 0.0948. The number of halogens is 1. The summed E-state index contributed by atoms with van der Waals surface area (Å²) >= 11 is 6.51. The Balaban J connectivity index is 1.85. The standard InChI is InChI=1S/C24H23ClN2O3/c1-15-10-17(12-23(29)30)11-22(24(15)27-16(2)28)26-14-20-9-8-19(13-21(20)25)18-6-4-3-5-7-18/h3-11,13,26H,12,14H2,1-2H3,(H,27,28)(H,29,30). The summed E-state index contributed by atoms with van der Waals surface area (Å²) in [6.07, 6.45) is -0.0948. The maximum atomic E-state index is 11.6. The van der Waals surface area contributed by atoms with Crippen LogP contribution in [0.1, 0.15) is 23.6 Å². The van der Waals surface area contributed by atoms with Crippen LogP contribution in [0.5, 0.6) is 0 Å². The molecule has 0 heterocycles. The molecule has 6 heteroatoms. The molecule has 0 unspecified atom stereocenters. The van der Waals surface area contributed by atoms with Gasteiger partial charge in [-0.05, 0) is 46.9 Å². The Morgan fingerprint density at radius 3 is 2.37 bits per heavy atom. The van der Waals surface area contributed by atoms with Gasteiger partial charge < -0.3 is 15.7 Å².